The van der Waals surface area contributed by atoms with Gasteiger partial charge >= 0.3 is 5.97 Å². The Balaban J connectivity index is 2.55. The minimum atomic E-state index is -3.42. The fourth-order valence-electron chi connectivity index (χ4n) is 1.73. The summed E-state index contributed by atoms with van der Waals surface area (Å²) in [6.07, 6.45) is 0.995. The highest BCUT2D eigenvalue weighted by molar-refractivity contribution is 8.05. The molecule has 0 heterocycles. The van der Waals surface area contributed by atoms with E-state index in [-0.39, 0.29) is 11.7 Å². The molecule has 106 valence electrons. The molecule has 0 bridgehead atoms. The van der Waals surface area contributed by atoms with Gasteiger partial charge in [0.15, 0.2) is 0 Å². The quantitative estimate of drug-likeness (QED) is 0.568. The van der Waals surface area contributed by atoms with Crippen LogP contribution in [0.4, 0.5) is 0 Å². The van der Waals surface area contributed by atoms with E-state index < -0.39 is 19.3 Å². The minimum Gasteiger partial charge on any atom is -0.481 e. The average molecular weight is 302 g/mol. The predicted octanol–water partition coefficient (Wildman–Crippen LogP) is 3.51. The maximum atomic E-state index is 12.0. The zero-order valence-corrected chi connectivity index (χ0v) is 12.6. The molecule has 0 spiro atoms. The molecule has 0 fully saturated rings. The van der Waals surface area contributed by atoms with Crippen LogP contribution in [0.15, 0.2) is 35.2 Å². The molecule has 1 aromatic carbocycles. The summed E-state index contributed by atoms with van der Waals surface area (Å²) in [6, 6.07) is 9.34. The van der Waals surface area contributed by atoms with Crippen molar-refractivity contribution in [2.24, 2.45) is 5.92 Å². The standard InChI is InChI=1S/C13H19O4PS/c1-2-6-11(13(14)15)9-18(16,17)10-19-12-7-4-3-5-8-12/h3-5,7-8,11H,2,6,9-10H2,1H3,(H,14,15)(H,16,17). The van der Waals surface area contributed by atoms with Gasteiger partial charge < -0.3 is 10.00 Å². The van der Waals surface area contributed by atoms with Crippen LogP contribution in [0.5, 0.6) is 0 Å². The van der Waals surface area contributed by atoms with Gasteiger partial charge in [-0.3, -0.25) is 9.36 Å². The van der Waals surface area contributed by atoms with Gasteiger partial charge in [0, 0.05) is 11.1 Å². The Morgan fingerprint density at radius 3 is 2.53 bits per heavy atom. The number of aliphatic carboxylic acids is 1. The molecule has 19 heavy (non-hydrogen) atoms. The van der Waals surface area contributed by atoms with E-state index in [1.165, 1.54) is 11.8 Å². The molecule has 0 amide bonds. The third-order valence-corrected chi connectivity index (χ3v) is 6.42. The van der Waals surface area contributed by atoms with Gasteiger partial charge in [-0.25, -0.2) is 0 Å². The van der Waals surface area contributed by atoms with Gasteiger partial charge in [-0.2, -0.15) is 0 Å². The van der Waals surface area contributed by atoms with Crippen molar-refractivity contribution in [2.75, 3.05) is 11.7 Å². The molecule has 0 radical (unpaired) electrons. The third kappa shape index (κ3) is 6.28. The second-order valence-corrected chi connectivity index (χ2v) is 8.29. The van der Waals surface area contributed by atoms with E-state index in [0.29, 0.717) is 12.8 Å². The van der Waals surface area contributed by atoms with Crippen LogP contribution < -0.4 is 0 Å². The van der Waals surface area contributed by atoms with Gasteiger partial charge in [0.25, 0.3) is 0 Å². The summed E-state index contributed by atoms with van der Waals surface area (Å²) in [5, 5.41) is 9.01. The second kappa shape index (κ2) is 7.73. The predicted molar refractivity (Wildman–Crippen MR) is 77.9 cm³/mol. The Morgan fingerprint density at radius 1 is 1.37 bits per heavy atom. The van der Waals surface area contributed by atoms with Crippen molar-refractivity contribution in [1.82, 2.24) is 0 Å². The molecular weight excluding hydrogens is 283 g/mol. The van der Waals surface area contributed by atoms with E-state index in [1.54, 1.807) is 0 Å². The van der Waals surface area contributed by atoms with Crippen LogP contribution >= 0.6 is 19.1 Å². The van der Waals surface area contributed by atoms with Crippen LogP contribution in [-0.2, 0) is 9.36 Å². The van der Waals surface area contributed by atoms with E-state index in [0.717, 1.165) is 4.90 Å². The number of carboxylic acids is 1. The van der Waals surface area contributed by atoms with Crippen LogP contribution in [0.3, 0.4) is 0 Å². The third-order valence-electron chi connectivity index (χ3n) is 2.67. The smallest absolute Gasteiger partial charge is 0.307 e. The fraction of sp³-hybridized carbons (Fsp3) is 0.462. The second-order valence-electron chi connectivity index (χ2n) is 4.44. The molecule has 1 aromatic rings. The molecule has 2 N–H and O–H groups in total. The van der Waals surface area contributed by atoms with Crippen LogP contribution in [0.25, 0.3) is 0 Å². The molecule has 0 aromatic heterocycles. The van der Waals surface area contributed by atoms with Crippen LogP contribution in [0.1, 0.15) is 19.8 Å². The number of carbonyl (C=O) groups is 1. The molecule has 0 saturated heterocycles. The van der Waals surface area contributed by atoms with Crippen molar-refractivity contribution in [1.29, 1.82) is 0 Å². The Kier molecular flexibility index (Phi) is 6.63. The Hall–Kier alpha value is -0.770. The number of hydrogen-bond donors (Lipinski definition) is 2. The van der Waals surface area contributed by atoms with Gasteiger partial charge in [0.2, 0.25) is 7.37 Å². The van der Waals surface area contributed by atoms with Gasteiger partial charge in [-0.15, -0.1) is 11.8 Å². The monoisotopic (exact) mass is 302 g/mol. The van der Waals surface area contributed by atoms with Crippen molar-refractivity contribution in [3.8, 4) is 0 Å². The van der Waals surface area contributed by atoms with E-state index >= 15 is 0 Å². The first kappa shape index (κ1) is 16.3. The van der Waals surface area contributed by atoms with Crippen molar-refractivity contribution in [2.45, 2.75) is 24.7 Å². The summed E-state index contributed by atoms with van der Waals surface area (Å²) in [6.45, 7) is 1.87. The summed E-state index contributed by atoms with van der Waals surface area (Å²) in [7, 11) is -3.42. The topological polar surface area (TPSA) is 74.6 Å². The SMILES string of the molecule is CCCC(CP(=O)(O)CSc1ccccc1)C(=O)O. The molecule has 0 saturated carbocycles. The van der Waals surface area contributed by atoms with Crippen molar-refractivity contribution < 1.29 is 19.4 Å². The fourth-order valence-corrected chi connectivity index (χ4v) is 4.93. The average Bonchev–Trinajstić information content (AvgIpc) is 2.37. The maximum absolute atomic E-state index is 12.0. The molecule has 2 atom stereocenters. The Bertz CT molecular complexity index is 449. The number of rotatable bonds is 8. The van der Waals surface area contributed by atoms with Crippen LogP contribution in [0, 0.1) is 5.92 Å². The highest BCUT2D eigenvalue weighted by Crippen LogP contribution is 2.47. The maximum Gasteiger partial charge on any atom is 0.307 e. The lowest BCUT2D eigenvalue weighted by Gasteiger charge is -2.16. The number of benzene rings is 1. The van der Waals surface area contributed by atoms with Gasteiger partial charge in [0.1, 0.15) is 0 Å². The molecule has 0 aliphatic heterocycles. The molecule has 0 aliphatic carbocycles. The lowest BCUT2D eigenvalue weighted by molar-refractivity contribution is -0.141. The highest BCUT2D eigenvalue weighted by atomic mass is 32.2. The zero-order chi connectivity index (χ0) is 14.3. The van der Waals surface area contributed by atoms with Crippen molar-refractivity contribution in [3.05, 3.63) is 30.3 Å². The summed E-state index contributed by atoms with van der Waals surface area (Å²) < 4.78 is 12.0. The summed E-state index contributed by atoms with van der Waals surface area (Å²) in [5.74, 6) is -1.71. The lowest BCUT2D eigenvalue weighted by atomic mass is 10.1. The molecule has 4 nitrogen and oxygen atoms in total. The molecular formula is C13H19O4PS. The summed E-state index contributed by atoms with van der Waals surface area (Å²) in [4.78, 5) is 21.8. The van der Waals surface area contributed by atoms with Gasteiger partial charge in [-0.1, -0.05) is 31.5 Å². The number of carboxylic acid groups (broad SMARTS) is 1. The first-order chi connectivity index (χ1) is 8.94. The minimum absolute atomic E-state index is 0.0600. The van der Waals surface area contributed by atoms with Gasteiger partial charge in [-0.05, 0) is 18.6 Å². The lowest BCUT2D eigenvalue weighted by Crippen LogP contribution is -2.18. The van der Waals surface area contributed by atoms with Crippen LogP contribution in [0.2, 0.25) is 0 Å². The van der Waals surface area contributed by atoms with Crippen molar-refractivity contribution in [3.63, 3.8) is 0 Å². The van der Waals surface area contributed by atoms with E-state index in [4.69, 9.17) is 5.11 Å². The van der Waals surface area contributed by atoms with Crippen molar-refractivity contribution >= 4 is 25.1 Å². The van der Waals surface area contributed by atoms with E-state index in [9.17, 15) is 14.3 Å². The first-order valence-corrected chi connectivity index (χ1v) is 9.17. The first-order valence-electron chi connectivity index (χ1n) is 6.16. The Labute approximate surface area is 117 Å². The zero-order valence-electron chi connectivity index (χ0n) is 10.9. The van der Waals surface area contributed by atoms with E-state index in [1.807, 2.05) is 37.3 Å². The molecule has 0 aliphatic rings. The Morgan fingerprint density at radius 2 is 2.00 bits per heavy atom. The van der Waals surface area contributed by atoms with E-state index in [2.05, 4.69) is 0 Å². The normalized spacial score (nSPS) is 15.7. The molecule has 6 heteroatoms. The summed E-state index contributed by atoms with van der Waals surface area (Å²) >= 11 is 1.29. The highest BCUT2D eigenvalue weighted by Gasteiger charge is 2.28. The van der Waals surface area contributed by atoms with Crippen LogP contribution in [-0.4, -0.2) is 27.6 Å². The number of hydrogen-bond acceptors (Lipinski definition) is 3. The molecule has 2 unspecified atom stereocenters. The summed E-state index contributed by atoms with van der Waals surface area (Å²) in [5.41, 5.74) is 0.0600. The number of thioether (sulfide) groups is 1. The molecule has 1 rings (SSSR count). The van der Waals surface area contributed by atoms with Gasteiger partial charge in [0.05, 0.1) is 11.4 Å². The largest absolute Gasteiger partial charge is 0.481 e.